The number of carbonyl (C=O) groups is 2. The molecule has 0 saturated carbocycles. The van der Waals surface area contributed by atoms with Crippen LogP contribution in [0.5, 0.6) is 17.2 Å². The molecular weight excluding hydrogens is 272 g/mol. The second-order valence-corrected chi connectivity index (χ2v) is 4.61. The van der Waals surface area contributed by atoms with Crippen LogP contribution in [0.25, 0.3) is 0 Å². The molecule has 1 aliphatic rings. The largest absolute Gasteiger partial charge is 0.508 e. The predicted molar refractivity (Wildman–Crippen MR) is 74.5 cm³/mol. The fourth-order valence-corrected chi connectivity index (χ4v) is 2.54. The molecule has 0 saturated heterocycles. The molecule has 2 aromatic rings. The molecule has 0 radical (unpaired) electrons. The van der Waals surface area contributed by atoms with Gasteiger partial charge in [-0.3, -0.25) is 9.59 Å². The van der Waals surface area contributed by atoms with Crippen LogP contribution < -0.4 is 9.47 Å². The van der Waals surface area contributed by atoms with Gasteiger partial charge in [0.2, 0.25) is 0 Å². The minimum atomic E-state index is -0.369. The van der Waals surface area contributed by atoms with E-state index >= 15 is 0 Å². The van der Waals surface area contributed by atoms with Crippen molar-refractivity contribution in [3.8, 4) is 17.2 Å². The number of carbonyl (C=O) groups excluding carboxylic acids is 2. The van der Waals surface area contributed by atoms with E-state index in [9.17, 15) is 14.7 Å². The minimum absolute atomic E-state index is 0.0692. The number of aromatic hydroxyl groups is 1. The normalized spacial score (nSPS) is 12.7. The lowest BCUT2D eigenvalue weighted by Gasteiger charge is -2.21. The molecule has 0 heterocycles. The SMILES string of the molecule is COc1ccc2c(c1OC)C(=O)c1cc(O)ccc1C2=O. The Labute approximate surface area is 120 Å². The third-order valence-corrected chi connectivity index (χ3v) is 3.51. The maximum atomic E-state index is 12.7. The van der Waals surface area contributed by atoms with Gasteiger partial charge in [0, 0.05) is 16.7 Å². The lowest BCUT2D eigenvalue weighted by molar-refractivity contribution is 0.0975. The van der Waals surface area contributed by atoms with E-state index in [1.165, 1.54) is 32.4 Å². The van der Waals surface area contributed by atoms with Crippen LogP contribution in [-0.4, -0.2) is 30.9 Å². The first-order valence-electron chi connectivity index (χ1n) is 6.26. The summed E-state index contributed by atoms with van der Waals surface area (Å²) in [6, 6.07) is 7.26. The van der Waals surface area contributed by atoms with Crippen LogP contribution in [0.3, 0.4) is 0 Å². The van der Waals surface area contributed by atoms with E-state index < -0.39 is 0 Å². The molecule has 2 aromatic carbocycles. The van der Waals surface area contributed by atoms with Crippen molar-refractivity contribution in [2.45, 2.75) is 0 Å². The van der Waals surface area contributed by atoms with Gasteiger partial charge in [0.15, 0.2) is 23.1 Å². The summed E-state index contributed by atoms with van der Waals surface area (Å²) >= 11 is 0. The molecule has 5 heteroatoms. The van der Waals surface area contributed by atoms with Crippen LogP contribution in [0.4, 0.5) is 0 Å². The van der Waals surface area contributed by atoms with Crippen molar-refractivity contribution in [1.29, 1.82) is 0 Å². The molecule has 21 heavy (non-hydrogen) atoms. The molecule has 5 nitrogen and oxygen atoms in total. The third-order valence-electron chi connectivity index (χ3n) is 3.51. The highest BCUT2D eigenvalue weighted by Gasteiger charge is 2.34. The number of phenolic OH excluding ortho intramolecular Hbond substituents is 1. The first-order chi connectivity index (χ1) is 10.1. The number of rotatable bonds is 2. The molecule has 0 amide bonds. The van der Waals surface area contributed by atoms with E-state index in [2.05, 4.69) is 0 Å². The van der Waals surface area contributed by atoms with E-state index in [1.807, 2.05) is 0 Å². The van der Waals surface area contributed by atoms with Crippen molar-refractivity contribution >= 4 is 11.6 Å². The van der Waals surface area contributed by atoms with Gasteiger partial charge in [0.25, 0.3) is 0 Å². The number of methoxy groups -OCH3 is 2. The van der Waals surface area contributed by atoms with Gasteiger partial charge < -0.3 is 14.6 Å². The second-order valence-electron chi connectivity index (χ2n) is 4.61. The Morgan fingerprint density at radius 1 is 0.857 bits per heavy atom. The Balaban J connectivity index is 2.33. The number of phenols is 1. The molecule has 0 unspecified atom stereocenters. The first-order valence-corrected chi connectivity index (χ1v) is 6.26. The number of fused-ring (bicyclic) bond motifs is 2. The molecule has 0 spiro atoms. The average molecular weight is 284 g/mol. The highest BCUT2D eigenvalue weighted by molar-refractivity contribution is 6.29. The van der Waals surface area contributed by atoms with Crippen molar-refractivity contribution in [3.63, 3.8) is 0 Å². The zero-order valence-electron chi connectivity index (χ0n) is 11.5. The molecule has 0 aromatic heterocycles. The fourth-order valence-electron chi connectivity index (χ4n) is 2.54. The van der Waals surface area contributed by atoms with Crippen LogP contribution >= 0.6 is 0 Å². The third kappa shape index (κ3) is 1.78. The molecule has 1 N–H and O–H groups in total. The Bertz CT molecular complexity index is 776. The molecule has 0 bridgehead atoms. The van der Waals surface area contributed by atoms with Gasteiger partial charge >= 0.3 is 0 Å². The summed E-state index contributed by atoms with van der Waals surface area (Å²) < 4.78 is 10.4. The first kappa shape index (κ1) is 13.2. The molecule has 1 aliphatic carbocycles. The van der Waals surface area contributed by atoms with Crippen LogP contribution in [0, 0.1) is 0 Å². The number of hydrogen-bond acceptors (Lipinski definition) is 5. The monoisotopic (exact) mass is 284 g/mol. The van der Waals surface area contributed by atoms with Gasteiger partial charge in [-0.25, -0.2) is 0 Å². The van der Waals surface area contributed by atoms with Gasteiger partial charge in [0.1, 0.15) is 5.75 Å². The maximum Gasteiger partial charge on any atom is 0.198 e. The fraction of sp³-hybridized carbons (Fsp3) is 0.125. The Morgan fingerprint density at radius 2 is 1.57 bits per heavy atom. The van der Waals surface area contributed by atoms with Crippen LogP contribution in [0.1, 0.15) is 31.8 Å². The van der Waals surface area contributed by atoms with Crippen molar-refractivity contribution < 1.29 is 24.2 Å². The summed E-state index contributed by atoms with van der Waals surface area (Å²) in [5.41, 5.74) is 0.882. The summed E-state index contributed by atoms with van der Waals surface area (Å²) in [6.07, 6.45) is 0. The van der Waals surface area contributed by atoms with Crippen molar-refractivity contribution in [1.82, 2.24) is 0 Å². The maximum absolute atomic E-state index is 12.7. The quantitative estimate of drug-likeness (QED) is 0.781. The molecule has 106 valence electrons. The second kappa shape index (κ2) is 4.63. The van der Waals surface area contributed by atoms with Crippen molar-refractivity contribution in [2.75, 3.05) is 14.2 Å². The van der Waals surface area contributed by atoms with Gasteiger partial charge in [-0.1, -0.05) is 0 Å². The van der Waals surface area contributed by atoms with Crippen LogP contribution in [0.15, 0.2) is 30.3 Å². The number of ketones is 2. The standard InChI is InChI=1S/C16H12O5/c1-20-12-6-5-10-13(16(12)21-2)15(19)11-7-8(17)3-4-9(11)14(10)18/h3-7,17H,1-2H3. The van der Waals surface area contributed by atoms with E-state index in [0.717, 1.165) is 0 Å². The van der Waals surface area contributed by atoms with E-state index in [0.29, 0.717) is 5.75 Å². The van der Waals surface area contributed by atoms with Gasteiger partial charge in [-0.15, -0.1) is 0 Å². The van der Waals surface area contributed by atoms with Gasteiger partial charge in [-0.05, 0) is 30.3 Å². The summed E-state index contributed by atoms with van der Waals surface area (Å²) in [7, 11) is 2.87. The summed E-state index contributed by atoms with van der Waals surface area (Å²) in [5, 5.41) is 9.55. The lowest BCUT2D eigenvalue weighted by Crippen LogP contribution is -2.21. The van der Waals surface area contributed by atoms with E-state index in [4.69, 9.17) is 9.47 Å². The van der Waals surface area contributed by atoms with Gasteiger partial charge in [0.05, 0.1) is 19.8 Å². The zero-order chi connectivity index (χ0) is 15.1. The number of hydrogen-bond donors (Lipinski definition) is 1. The molecular formula is C16H12O5. The van der Waals surface area contributed by atoms with Crippen molar-refractivity contribution in [2.24, 2.45) is 0 Å². The predicted octanol–water partition coefficient (Wildman–Crippen LogP) is 2.18. The average Bonchev–Trinajstić information content (AvgIpc) is 2.50. The van der Waals surface area contributed by atoms with Crippen LogP contribution in [-0.2, 0) is 0 Å². The van der Waals surface area contributed by atoms with Crippen molar-refractivity contribution in [3.05, 3.63) is 52.6 Å². The minimum Gasteiger partial charge on any atom is -0.508 e. The molecule has 0 aliphatic heterocycles. The Morgan fingerprint density at radius 3 is 2.24 bits per heavy atom. The smallest absolute Gasteiger partial charge is 0.198 e. The van der Waals surface area contributed by atoms with Crippen LogP contribution in [0.2, 0.25) is 0 Å². The summed E-state index contributed by atoms with van der Waals surface area (Å²) in [6.45, 7) is 0. The number of benzene rings is 2. The highest BCUT2D eigenvalue weighted by Crippen LogP contribution is 2.39. The Kier molecular flexibility index (Phi) is 2.90. The Hall–Kier alpha value is -2.82. The zero-order valence-corrected chi connectivity index (χ0v) is 11.5. The molecule has 0 fully saturated rings. The molecule has 3 rings (SSSR count). The van der Waals surface area contributed by atoms with Gasteiger partial charge in [-0.2, -0.15) is 0 Å². The topological polar surface area (TPSA) is 72.8 Å². The summed E-state index contributed by atoms with van der Waals surface area (Å²) in [4.78, 5) is 25.2. The van der Waals surface area contributed by atoms with E-state index in [1.54, 1.807) is 12.1 Å². The summed E-state index contributed by atoms with van der Waals surface area (Å²) in [5.74, 6) is -0.115. The highest BCUT2D eigenvalue weighted by atomic mass is 16.5. The lowest BCUT2D eigenvalue weighted by atomic mass is 9.83. The van der Waals surface area contributed by atoms with E-state index in [-0.39, 0.29) is 45.3 Å². The molecule has 0 atom stereocenters. The number of ether oxygens (including phenoxy) is 2.